The van der Waals surface area contributed by atoms with Gasteiger partial charge in [0.2, 0.25) is 0 Å². The molecule has 1 aromatic rings. The normalized spacial score (nSPS) is 14.6. The first-order chi connectivity index (χ1) is 6.83. The van der Waals surface area contributed by atoms with Crippen LogP contribution in [0.3, 0.4) is 0 Å². The van der Waals surface area contributed by atoms with E-state index in [9.17, 15) is 4.79 Å². The molecular weight excluding hydrogens is 182 g/mol. The number of fused-ring (bicyclic) bond motifs is 1. The third-order valence-electron chi connectivity index (χ3n) is 2.25. The number of nitrogens with zero attached hydrogens (tertiary/aromatic N) is 2. The number of esters is 1. The van der Waals surface area contributed by atoms with E-state index in [0.29, 0.717) is 12.2 Å². The Labute approximate surface area is 81.5 Å². The van der Waals surface area contributed by atoms with Gasteiger partial charge in [-0.05, 0) is 0 Å². The van der Waals surface area contributed by atoms with Gasteiger partial charge in [-0.2, -0.15) is 0 Å². The minimum absolute atomic E-state index is 0.379. The first kappa shape index (κ1) is 9.08. The zero-order chi connectivity index (χ0) is 9.97. The summed E-state index contributed by atoms with van der Waals surface area (Å²) < 4.78 is 4.65. The average molecular weight is 193 g/mol. The molecule has 0 saturated carbocycles. The molecule has 0 spiro atoms. The monoisotopic (exact) mass is 193 g/mol. The van der Waals surface area contributed by atoms with Gasteiger partial charge < -0.3 is 10.1 Å². The second kappa shape index (κ2) is 3.71. The number of nitrogens with one attached hydrogen (secondary N) is 1. The van der Waals surface area contributed by atoms with E-state index in [1.54, 1.807) is 0 Å². The number of carbonyl (C=O) groups is 1. The first-order valence-electron chi connectivity index (χ1n) is 4.44. The zero-order valence-electron chi connectivity index (χ0n) is 7.91. The van der Waals surface area contributed by atoms with Gasteiger partial charge in [-0.25, -0.2) is 14.8 Å². The summed E-state index contributed by atoms with van der Waals surface area (Å²) in [6, 6.07) is 0. The molecule has 0 fully saturated rings. The van der Waals surface area contributed by atoms with Crippen molar-refractivity contribution in [2.24, 2.45) is 0 Å². The number of methoxy groups -OCH3 is 1. The van der Waals surface area contributed by atoms with E-state index < -0.39 is 5.97 Å². The molecule has 1 N–H and O–H groups in total. The lowest BCUT2D eigenvalue weighted by Crippen LogP contribution is -2.27. The van der Waals surface area contributed by atoms with E-state index in [2.05, 4.69) is 20.0 Å². The molecule has 0 unspecified atom stereocenters. The van der Waals surface area contributed by atoms with Crippen LogP contribution in [0, 0.1) is 0 Å². The fourth-order valence-corrected chi connectivity index (χ4v) is 1.54. The lowest BCUT2D eigenvalue weighted by atomic mass is 10.1. The van der Waals surface area contributed by atoms with Crippen molar-refractivity contribution in [2.45, 2.75) is 13.0 Å². The van der Waals surface area contributed by atoms with Gasteiger partial charge in [0.05, 0.1) is 12.8 Å². The second-order valence-corrected chi connectivity index (χ2v) is 3.07. The molecule has 1 aliphatic rings. The molecule has 0 saturated heterocycles. The topological polar surface area (TPSA) is 64.1 Å². The van der Waals surface area contributed by atoms with Crippen molar-refractivity contribution in [2.75, 3.05) is 13.7 Å². The zero-order valence-corrected chi connectivity index (χ0v) is 7.91. The summed E-state index contributed by atoms with van der Waals surface area (Å²) in [4.78, 5) is 19.4. The highest BCUT2D eigenvalue weighted by Gasteiger charge is 2.19. The quantitative estimate of drug-likeness (QED) is 0.631. The molecular formula is C9H11N3O2. The Balaban J connectivity index is 2.45. The number of hydrogen-bond acceptors (Lipinski definition) is 5. The van der Waals surface area contributed by atoms with Crippen molar-refractivity contribution in [1.29, 1.82) is 0 Å². The van der Waals surface area contributed by atoms with E-state index in [4.69, 9.17) is 0 Å². The predicted molar refractivity (Wildman–Crippen MR) is 48.8 cm³/mol. The Kier molecular flexibility index (Phi) is 2.41. The highest BCUT2D eigenvalue weighted by Crippen LogP contribution is 2.14. The van der Waals surface area contributed by atoms with E-state index >= 15 is 0 Å². The third kappa shape index (κ3) is 1.46. The van der Waals surface area contributed by atoms with Crippen LogP contribution < -0.4 is 5.32 Å². The smallest absolute Gasteiger partial charge is 0.357 e. The minimum Gasteiger partial charge on any atom is -0.464 e. The summed E-state index contributed by atoms with van der Waals surface area (Å²) in [7, 11) is 1.35. The Hall–Kier alpha value is -1.49. The molecule has 5 heteroatoms. The van der Waals surface area contributed by atoms with Crippen LogP contribution in [-0.2, 0) is 17.7 Å². The van der Waals surface area contributed by atoms with Crippen molar-refractivity contribution in [3.05, 3.63) is 23.3 Å². The molecule has 2 rings (SSSR count). The van der Waals surface area contributed by atoms with Crippen LogP contribution in [0.1, 0.15) is 21.7 Å². The molecule has 1 aliphatic heterocycles. The predicted octanol–water partition coefficient (Wildman–Crippen LogP) is -0.0911. The Morgan fingerprint density at radius 1 is 1.57 bits per heavy atom. The van der Waals surface area contributed by atoms with Crippen LogP contribution in [0.4, 0.5) is 0 Å². The molecule has 74 valence electrons. The van der Waals surface area contributed by atoms with E-state index in [-0.39, 0.29) is 0 Å². The van der Waals surface area contributed by atoms with Crippen LogP contribution in [0.2, 0.25) is 0 Å². The standard InChI is InChI=1S/C9H11N3O2/c1-14-9(13)8-6-4-10-3-2-7(6)11-5-12-8/h5,10H,2-4H2,1H3. The van der Waals surface area contributed by atoms with Crippen molar-refractivity contribution in [3.8, 4) is 0 Å². The fourth-order valence-electron chi connectivity index (χ4n) is 1.54. The van der Waals surface area contributed by atoms with Gasteiger partial charge in [-0.3, -0.25) is 0 Å². The van der Waals surface area contributed by atoms with Crippen LogP contribution in [0.5, 0.6) is 0 Å². The van der Waals surface area contributed by atoms with Gasteiger partial charge in [0.1, 0.15) is 6.33 Å². The number of rotatable bonds is 1. The first-order valence-corrected chi connectivity index (χ1v) is 4.44. The molecule has 5 nitrogen and oxygen atoms in total. The Morgan fingerprint density at radius 2 is 2.43 bits per heavy atom. The number of carbonyl (C=O) groups excluding carboxylic acids is 1. The maximum absolute atomic E-state index is 11.3. The SMILES string of the molecule is COC(=O)c1ncnc2c1CNCC2. The van der Waals surface area contributed by atoms with Gasteiger partial charge in [0.15, 0.2) is 5.69 Å². The maximum Gasteiger partial charge on any atom is 0.357 e. The van der Waals surface area contributed by atoms with Crippen molar-refractivity contribution < 1.29 is 9.53 Å². The minimum atomic E-state index is -0.396. The largest absolute Gasteiger partial charge is 0.464 e. The maximum atomic E-state index is 11.3. The van der Waals surface area contributed by atoms with Crippen molar-refractivity contribution in [1.82, 2.24) is 15.3 Å². The fraction of sp³-hybridized carbons (Fsp3) is 0.444. The number of ether oxygens (including phenoxy) is 1. The van der Waals surface area contributed by atoms with Gasteiger partial charge in [-0.15, -0.1) is 0 Å². The van der Waals surface area contributed by atoms with E-state index in [1.807, 2.05) is 0 Å². The second-order valence-electron chi connectivity index (χ2n) is 3.07. The summed E-state index contributed by atoms with van der Waals surface area (Å²) >= 11 is 0. The van der Waals surface area contributed by atoms with Gasteiger partial charge >= 0.3 is 5.97 Å². The molecule has 0 bridgehead atoms. The van der Waals surface area contributed by atoms with Crippen LogP contribution in [0.25, 0.3) is 0 Å². The number of hydrogen-bond donors (Lipinski definition) is 1. The molecule has 0 aromatic carbocycles. The van der Waals surface area contributed by atoms with Crippen molar-refractivity contribution in [3.63, 3.8) is 0 Å². The van der Waals surface area contributed by atoms with Gasteiger partial charge in [-0.1, -0.05) is 0 Å². The summed E-state index contributed by atoms with van der Waals surface area (Å²) in [5, 5.41) is 3.17. The molecule has 14 heavy (non-hydrogen) atoms. The van der Waals surface area contributed by atoms with Crippen molar-refractivity contribution >= 4 is 5.97 Å². The highest BCUT2D eigenvalue weighted by atomic mass is 16.5. The van der Waals surface area contributed by atoms with Crippen LogP contribution >= 0.6 is 0 Å². The summed E-state index contributed by atoms with van der Waals surface area (Å²) in [5.41, 5.74) is 2.19. The van der Waals surface area contributed by atoms with E-state index in [1.165, 1.54) is 13.4 Å². The molecule has 2 heterocycles. The van der Waals surface area contributed by atoms with Gasteiger partial charge in [0, 0.05) is 25.1 Å². The molecule has 0 radical (unpaired) electrons. The third-order valence-corrected chi connectivity index (χ3v) is 2.25. The lowest BCUT2D eigenvalue weighted by molar-refractivity contribution is 0.0591. The Bertz CT molecular complexity index is 365. The van der Waals surface area contributed by atoms with E-state index in [0.717, 1.165) is 24.2 Å². The molecule has 0 aliphatic carbocycles. The lowest BCUT2D eigenvalue weighted by Gasteiger charge is -2.17. The summed E-state index contributed by atoms with van der Waals surface area (Å²) in [5.74, 6) is -0.396. The van der Waals surface area contributed by atoms with Crippen LogP contribution in [-0.4, -0.2) is 29.6 Å². The Morgan fingerprint density at radius 3 is 3.21 bits per heavy atom. The van der Waals surface area contributed by atoms with Crippen LogP contribution in [0.15, 0.2) is 6.33 Å². The molecule has 1 aromatic heterocycles. The molecule has 0 amide bonds. The number of aromatic nitrogens is 2. The average Bonchev–Trinajstić information content (AvgIpc) is 2.27. The molecule has 0 atom stereocenters. The summed E-state index contributed by atoms with van der Waals surface area (Å²) in [6.07, 6.45) is 2.25. The highest BCUT2D eigenvalue weighted by molar-refractivity contribution is 5.89. The van der Waals surface area contributed by atoms with Gasteiger partial charge in [0.25, 0.3) is 0 Å². The summed E-state index contributed by atoms with van der Waals surface area (Å²) in [6.45, 7) is 1.53.